The van der Waals surface area contributed by atoms with Gasteiger partial charge in [-0.2, -0.15) is 0 Å². The van der Waals surface area contributed by atoms with Gasteiger partial charge in [-0.1, -0.05) is 133 Å². The summed E-state index contributed by atoms with van der Waals surface area (Å²) in [4.78, 5) is 14.4. The minimum absolute atomic E-state index is 0.0226. The summed E-state index contributed by atoms with van der Waals surface area (Å²) in [7, 11) is 0. The summed E-state index contributed by atoms with van der Waals surface area (Å²) in [5.41, 5.74) is 6.81. The van der Waals surface area contributed by atoms with Gasteiger partial charge in [0.25, 0.3) is 0 Å². The molecule has 9 rings (SSSR count). The van der Waals surface area contributed by atoms with E-state index in [1.165, 1.54) is 0 Å². The van der Waals surface area contributed by atoms with E-state index in [1.807, 2.05) is 78.9 Å². The van der Waals surface area contributed by atoms with E-state index in [2.05, 4.69) is 54.6 Å². The molecule has 0 fully saturated rings. The number of fused-ring (bicyclic) bond motifs is 4. The highest BCUT2D eigenvalue weighted by atomic mass is 16.3. The zero-order valence-corrected chi connectivity index (χ0v) is 25.0. The summed E-state index contributed by atoms with van der Waals surface area (Å²) in [5, 5.41) is 4.12. The Hall–Kier alpha value is -6.39. The molecule has 0 spiro atoms. The second-order valence-electron chi connectivity index (χ2n) is 11.3. The van der Waals surface area contributed by atoms with Crippen molar-refractivity contribution >= 4 is 32.7 Å². The average molecular weight is 607 g/mol. The van der Waals surface area contributed by atoms with Crippen LogP contribution in [0.4, 0.5) is 0 Å². The van der Waals surface area contributed by atoms with E-state index in [0.29, 0.717) is 22.5 Å². The predicted molar refractivity (Wildman–Crippen MR) is 192 cm³/mol. The number of hydrogen-bond donors (Lipinski definition) is 0. The fraction of sp³-hybridized carbons (Fsp3) is 0. The van der Waals surface area contributed by atoms with Crippen LogP contribution in [0.3, 0.4) is 0 Å². The predicted octanol–water partition coefficient (Wildman–Crippen LogP) is 11.3. The topological polar surface area (TPSA) is 51.8 Å². The van der Waals surface area contributed by atoms with Gasteiger partial charge < -0.3 is 4.42 Å². The second kappa shape index (κ2) is 11.2. The molecule has 0 amide bonds. The van der Waals surface area contributed by atoms with Gasteiger partial charge in [-0.15, -0.1) is 0 Å². The maximum Gasteiger partial charge on any atom is 0.164 e. The summed E-state index contributed by atoms with van der Waals surface area (Å²) in [6, 6.07) is 42.2. The molecule has 0 aliphatic rings. The molecule has 0 bridgehead atoms. The Kier molecular flexibility index (Phi) is 5.28. The Labute approximate surface area is 278 Å². The van der Waals surface area contributed by atoms with Crippen LogP contribution in [0.5, 0.6) is 0 Å². The van der Waals surface area contributed by atoms with Crippen LogP contribution in [0.2, 0.25) is 0 Å². The molecule has 0 radical (unpaired) electrons. The highest BCUT2D eigenvalue weighted by Gasteiger charge is 2.15. The molecule has 0 atom stereocenters. The molecule has 0 aliphatic heterocycles. The number of nitrogens with zero attached hydrogens (tertiary/aromatic N) is 3. The molecule has 0 N–H and O–H groups in total. The monoisotopic (exact) mass is 606 g/mol. The van der Waals surface area contributed by atoms with Gasteiger partial charge in [0.2, 0.25) is 0 Å². The lowest BCUT2D eigenvalue weighted by atomic mass is 9.99. The van der Waals surface area contributed by atoms with E-state index in [-0.39, 0.29) is 29.3 Å². The third-order valence-electron chi connectivity index (χ3n) is 8.40. The number of benzene rings is 7. The van der Waals surface area contributed by atoms with Gasteiger partial charge >= 0.3 is 0 Å². The summed E-state index contributed by atoms with van der Waals surface area (Å²) in [6.45, 7) is 0. The van der Waals surface area contributed by atoms with Crippen LogP contribution in [0, 0.1) is 0 Å². The van der Waals surface area contributed by atoms with Crippen molar-refractivity contribution in [1.82, 2.24) is 15.0 Å². The molecular weight excluding hydrogens is 574 g/mol. The second-order valence-corrected chi connectivity index (χ2v) is 11.3. The Bertz CT molecular complexity index is 2820. The molecule has 4 nitrogen and oxygen atoms in total. The van der Waals surface area contributed by atoms with Crippen molar-refractivity contribution < 1.29 is 11.3 Å². The standard InChI is InChI=1S/C43H27N3O/c1-3-10-28(11-4-1)29-18-20-30(21-19-29)32-16-9-17-35(24-32)42-44-41(31-12-5-2-6-13-31)45-43(46-42)36-22-23-37-38-25-33-14-7-8-15-34(33)26-40(38)47-39(37)27-36/h1-27H/i2D,5D,6D,12D,13D. The first-order chi connectivity index (χ1) is 25.3. The van der Waals surface area contributed by atoms with Crippen molar-refractivity contribution in [1.29, 1.82) is 0 Å². The Balaban J connectivity index is 1.20. The van der Waals surface area contributed by atoms with Crippen LogP contribution in [0.15, 0.2) is 168 Å². The lowest BCUT2D eigenvalue weighted by Crippen LogP contribution is -2.00. The van der Waals surface area contributed by atoms with Gasteiger partial charge in [0, 0.05) is 27.5 Å². The Morgan fingerprint density at radius 3 is 1.66 bits per heavy atom. The Morgan fingerprint density at radius 2 is 0.915 bits per heavy atom. The molecule has 0 saturated heterocycles. The van der Waals surface area contributed by atoms with Crippen molar-refractivity contribution in [2.75, 3.05) is 0 Å². The molecule has 4 heteroatoms. The molecule has 7 aromatic carbocycles. The van der Waals surface area contributed by atoms with Crippen LogP contribution in [-0.4, -0.2) is 15.0 Å². The van der Waals surface area contributed by atoms with Gasteiger partial charge in [-0.05, 0) is 63.4 Å². The van der Waals surface area contributed by atoms with Gasteiger partial charge in [0.05, 0.1) is 6.85 Å². The van der Waals surface area contributed by atoms with Gasteiger partial charge in [-0.3, -0.25) is 0 Å². The van der Waals surface area contributed by atoms with E-state index in [1.54, 1.807) is 0 Å². The molecule has 0 unspecified atom stereocenters. The number of hydrogen-bond acceptors (Lipinski definition) is 4. The molecule has 220 valence electrons. The molecule has 2 aromatic heterocycles. The third kappa shape index (κ3) is 5.02. The largest absolute Gasteiger partial charge is 0.456 e. The fourth-order valence-electron chi connectivity index (χ4n) is 6.03. The molecular formula is C43H27N3O. The highest BCUT2D eigenvalue weighted by Crippen LogP contribution is 2.35. The first-order valence-corrected chi connectivity index (χ1v) is 15.3. The van der Waals surface area contributed by atoms with Crippen LogP contribution in [0.1, 0.15) is 6.85 Å². The normalized spacial score (nSPS) is 12.9. The minimum atomic E-state index is -0.484. The first kappa shape index (κ1) is 22.2. The van der Waals surface area contributed by atoms with Crippen molar-refractivity contribution in [2.24, 2.45) is 0 Å². The molecule has 0 aliphatic carbocycles. The molecule has 9 aromatic rings. The van der Waals surface area contributed by atoms with Gasteiger partial charge in [0.1, 0.15) is 11.2 Å². The SMILES string of the molecule is [2H]c1c([2H])c([2H])c(-c2nc(-c3cccc(-c4ccc(-c5ccccc5)cc4)c3)nc(-c3ccc4c(c3)oc3cc5ccccc5cc34)n2)c([2H])c1[2H]. The van der Waals surface area contributed by atoms with Gasteiger partial charge in [0.15, 0.2) is 17.5 Å². The molecule has 2 heterocycles. The summed E-state index contributed by atoms with van der Waals surface area (Å²) in [5.74, 6) is 0.549. The van der Waals surface area contributed by atoms with E-state index < -0.39 is 18.1 Å². The van der Waals surface area contributed by atoms with E-state index >= 15 is 0 Å². The zero-order valence-electron chi connectivity index (χ0n) is 30.0. The number of aromatic nitrogens is 3. The lowest BCUT2D eigenvalue weighted by Gasteiger charge is -2.10. The molecule has 47 heavy (non-hydrogen) atoms. The van der Waals surface area contributed by atoms with Crippen LogP contribution < -0.4 is 0 Å². The minimum Gasteiger partial charge on any atom is -0.456 e. The number of rotatable bonds is 5. The molecule has 0 saturated carbocycles. The smallest absolute Gasteiger partial charge is 0.164 e. The van der Waals surface area contributed by atoms with Crippen LogP contribution >= 0.6 is 0 Å². The summed E-state index contributed by atoms with van der Waals surface area (Å²) < 4.78 is 48.5. The average Bonchev–Trinajstić information content (AvgIpc) is 3.55. The van der Waals surface area contributed by atoms with Crippen LogP contribution in [0.25, 0.3) is 89.1 Å². The van der Waals surface area contributed by atoms with Crippen LogP contribution in [-0.2, 0) is 0 Å². The van der Waals surface area contributed by atoms with E-state index in [4.69, 9.17) is 26.2 Å². The van der Waals surface area contributed by atoms with E-state index in [9.17, 15) is 0 Å². The Morgan fingerprint density at radius 1 is 0.383 bits per heavy atom. The zero-order chi connectivity index (χ0) is 35.5. The van der Waals surface area contributed by atoms with Crippen molar-refractivity contribution in [2.45, 2.75) is 0 Å². The summed E-state index contributed by atoms with van der Waals surface area (Å²) in [6.07, 6.45) is 0. The highest BCUT2D eigenvalue weighted by molar-refractivity contribution is 6.10. The van der Waals surface area contributed by atoms with E-state index in [0.717, 1.165) is 49.4 Å². The maximum atomic E-state index is 8.69. The lowest BCUT2D eigenvalue weighted by molar-refractivity contribution is 0.669. The fourth-order valence-corrected chi connectivity index (χ4v) is 6.03. The number of furan rings is 1. The summed E-state index contributed by atoms with van der Waals surface area (Å²) >= 11 is 0. The van der Waals surface area contributed by atoms with Crippen molar-refractivity contribution in [3.05, 3.63) is 164 Å². The first-order valence-electron chi connectivity index (χ1n) is 17.8. The van der Waals surface area contributed by atoms with Gasteiger partial charge in [-0.25, -0.2) is 15.0 Å². The maximum absolute atomic E-state index is 8.69. The van der Waals surface area contributed by atoms with Crippen molar-refractivity contribution in [3.63, 3.8) is 0 Å². The third-order valence-corrected chi connectivity index (χ3v) is 8.40. The quantitative estimate of drug-likeness (QED) is 0.196. The van der Waals surface area contributed by atoms with Crippen molar-refractivity contribution in [3.8, 4) is 56.4 Å².